The number of halogens is 1. The molecule has 8 nitrogen and oxygen atoms in total. The van der Waals surface area contributed by atoms with Gasteiger partial charge >= 0.3 is 0 Å². The SMILES string of the molecule is CCc1nn2c(nnc3c(=O)n(CCc4c[nH]c5ccccc45)cnc32)c1-c1ccc(F)cc1. The first-order chi connectivity index (χ1) is 16.6. The van der Waals surface area contributed by atoms with Crippen LogP contribution in [0.3, 0.4) is 0 Å². The van der Waals surface area contributed by atoms with Crippen molar-refractivity contribution in [2.24, 2.45) is 0 Å². The smallest absolute Gasteiger partial charge is 0.283 e. The summed E-state index contributed by atoms with van der Waals surface area (Å²) in [4.78, 5) is 21.0. The van der Waals surface area contributed by atoms with Crippen LogP contribution in [0, 0.1) is 5.82 Å². The van der Waals surface area contributed by atoms with Crippen LogP contribution >= 0.6 is 0 Å². The van der Waals surface area contributed by atoms with E-state index < -0.39 is 0 Å². The first-order valence-electron chi connectivity index (χ1n) is 11.1. The van der Waals surface area contributed by atoms with Gasteiger partial charge in [0.2, 0.25) is 0 Å². The normalized spacial score (nSPS) is 11.7. The number of nitrogens with one attached hydrogen (secondary N) is 1. The molecule has 0 aliphatic heterocycles. The van der Waals surface area contributed by atoms with Crippen molar-refractivity contribution in [2.75, 3.05) is 0 Å². The quantitative estimate of drug-likeness (QED) is 0.427. The Morgan fingerprint density at radius 1 is 1.03 bits per heavy atom. The first kappa shape index (κ1) is 20.2. The second kappa shape index (κ2) is 7.87. The molecule has 0 aliphatic rings. The van der Waals surface area contributed by atoms with Crippen LogP contribution < -0.4 is 5.56 Å². The monoisotopic (exact) mass is 453 g/mol. The Labute approximate surface area is 192 Å². The minimum atomic E-state index is -0.315. The number of fused-ring (bicyclic) bond motifs is 4. The van der Waals surface area contributed by atoms with Gasteiger partial charge in [-0.15, -0.1) is 10.2 Å². The van der Waals surface area contributed by atoms with E-state index in [1.54, 1.807) is 21.2 Å². The average molecular weight is 453 g/mol. The topological polar surface area (TPSA) is 93.8 Å². The molecule has 0 saturated carbocycles. The Kier molecular flexibility index (Phi) is 4.68. The summed E-state index contributed by atoms with van der Waals surface area (Å²) in [6.45, 7) is 2.44. The summed E-state index contributed by atoms with van der Waals surface area (Å²) >= 11 is 0. The van der Waals surface area contributed by atoms with E-state index in [-0.39, 0.29) is 16.9 Å². The van der Waals surface area contributed by atoms with E-state index in [0.717, 1.165) is 33.3 Å². The fraction of sp³-hybridized carbons (Fsp3) is 0.160. The lowest BCUT2D eigenvalue weighted by molar-refractivity contribution is 0.628. The number of nitrogens with zero attached hydrogens (tertiary/aromatic N) is 6. The molecule has 0 unspecified atom stereocenters. The van der Waals surface area contributed by atoms with Crippen molar-refractivity contribution in [3.8, 4) is 11.1 Å². The molecule has 0 bridgehead atoms. The number of hydrogen-bond acceptors (Lipinski definition) is 5. The van der Waals surface area contributed by atoms with Gasteiger partial charge in [0.25, 0.3) is 5.56 Å². The van der Waals surface area contributed by atoms with Gasteiger partial charge in [0, 0.05) is 23.6 Å². The van der Waals surface area contributed by atoms with Crippen LogP contribution in [0.2, 0.25) is 0 Å². The maximum Gasteiger partial charge on any atom is 0.283 e. The molecule has 0 saturated heterocycles. The van der Waals surface area contributed by atoms with Crippen molar-refractivity contribution < 1.29 is 4.39 Å². The lowest BCUT2D eigenvalue weighted by Crippen LogP contribution is -2.23. The Bertz CT molecular complexity index is 1730. The van der Waals surface area contributed by atoms with Gasteiger partial charge in [0.1, 0.15) is 12.1 Å². The van der Waals surface area contributed by atoms with Crippen molar-refractivity contribution in [1.82, 2.24) is 34.3 Å². The fourth-order valence-corrected chi connectivity index (χ4v) is 4.40. The van der Waals surface area contributed by atoms with E-state index in [1.165, 1.54) is 18.5 Å². The maximum atomic E-state index is 13.4. The van der Waals surface area contributed by atoms with Gasteiger partial charge in [0.05, 0.1) is 11.3 Å². The molecule has 0 fully saturated rings. The first-order valence-corrected chi connectivity index (χ1v) is 11.1. The lowest BCUT2D eigenvalue weighted by atomic mass is 10.0. The van der Waals surface area contributed by atoms with Crippen LogP contribution in [0.15, 0.2) is 65.8 Å². The molecule has 168 valence electrons. The van der Waals surface area contributed by atoms with Gasteiger partial charge in [0.15, 0.2) is 16.8 Å². The molecule has 6 aromatic rings. The molecular formula is C25H20FN7O. The van der Waals surface area contributed by atoms with Gasteiger partial charge in [-0.1, -0.05) is 37.3 Å². The van der Waals surface area contributed by atoms with Crippen molar-refractivity contribution in [3.05, 3.63) is 88.5 Å². The maximum absolute atomic E-state index is 13.4. The largest absolute Gasteiger partial charge is 0.361 e. The van der Waals surface area contributed by atoms with Crippen LogP contribution in [0.1, 0.15) is 18.2 Å². The zero-order valence-corrected chi connectivity index (χ0v) is 18.4. The number of hydrogen-bond donors (Lipinski definition) is 1. The van der Waals surface area contributed by atoms with Crippen molar-refractivity contribution in [2.45, 2.75) is 26.3 Å². The highest BCUT2D eigenvalue weighted by Gasteiger charge is 2.19. The summed E-state index contributed by atoms with van der Waals surface area (Å²) < 4.78 is 16.6. The zero-order valence-electron chi connectivity index (χ0n) is 18.4. The predicted octanol–water partition coefficient (Wildman–Crippen LogP) is 3.93. The van der Waals surface area contributed by atoms with Crippen molar-refractivity contribution in [1.29, 1.82) is 0 Å². The van der Waals surface area contributed by atoms with Crippen molar-refractivity contribution in [3.63, 3.8) is 0 Å². The lowest BCUT2D eigenvalue weighted by Gasteiger charge is -2.06. The Morgan fingerprint density at radius 3 is 2.68 bits per heavy atom. The second-order valence-corrected chi connectivity index (χ2v) is 8.14. The number of aromatic amines is 1. The third-order valence-corrected chi connectivity index (χ3v) is 6.14. The van der Waals surface area contributed by atoms with Gasteiger partial charge < -0.3 is 4.98 Å². The van der Waals surface area contributed by atoms with Crippen LogP contribution in [-0.4, -0.2) is 34.3 Å². The predicted molar refractivity (Wildman–Crippen MR) is 127 cm³/mol. The number of aryl methyl sites for hydroxylation is 3. The number of H-pyrrole nitrogens is 1. The molecule has 1 N–H and O–H groups in total. The summed E-state index contributed by atoms with van der Waals surface area (Å²) in [6, 6.07) is 14.3. The molecule has 2 aromatic carbocycles. The molecule has 0 aliphatic carbocycles. The highest BCUT2D eigenvalue weighted by atomic mass is 19.1. The molecule has 0 spiro atoms. The summed E-state index contributed by atoms with van der Waals surface area (Å²) in [5.74, 6) is -0.315. The van der Waals surface area contributed by atoms with Gasteiger partial charge in [-0.05, 0) is 42.2 Å². The van der Waals surface area contributed by atoms with Crippen molar-refractivity contribution >= 4 is 27.7 Å². The Balaban J connectivity index is 1.42. The van der Waals surface area contributed by atoms with E-state index in [0.29, 0.717) is 30.7 Å². The molecular weight excluding hydrogens is 433 g/mol. The number of para-hydroxylation sites is 1. The molecule has 4 heterocycles. The molecule has 4 aromatic heterocycles. The fourth-order valence-electron chi connectivity index (χ4n) is 4.40. The van der Waals surface area contributed by atoms with Crippen LogP contribution in [0.25, 0.3) is 38.8 Å². The van der Waals surface area contributed by atoms with E-state index >= 15 is 0 Å². The van der Waals surface area contributed by atoms with Crippen LogP contribution in [-0.2, 0) is 19.4 Å². The van der Waals surface area contributed by atoms with Gasteiger partial charge in [-0.25, -0.2) is 9.37 Å². The minimum Gasteiger partial charge on any atom is -0.361 e. The molecule has 6 rings (SSSR count). The van der Waals surface area contributed by atoms with Crippen LogP contribution in [0.4, 0.5) is 4.39 Å². The summed E-state index contributed by atoms with van der Waals surface area (Å²) in [5.41, 5.74) is 5.25. The highest BCUT2D eigenvalue weighted by Crippen LogP contribution is 2.28. The van der Waals surface area contributed by atoms with E-state index in [4.69, 9.17) is 0 Å². The molecule has 0 radical (unpaired) electrons. The molecule has 0 atom stereocenters. The Hall–Kier alpha value is -4.40. The van der Waals surface area contributed by atoms with E-state index in [9.17, 15) is 9.18 Å². The summed E-state index contributed by atoms with van der Waals surface area (Å²) in [7, 11) is 0. The second-order valence-electron chi connectivity index (χ2n) is 8.14. The Morgan fingerprint density at radius 2 is 1.85 bits per heavy atom. The van der Waals surface area contributed by atoms with E-state index in [1.807, 2.05) is 31.3 Å². The summed E-state index contributed by atoms with van der Waals surface area (Å²) in [5, 5.41) is 14.4. The standard InChI is InChI=1S/C25H20FN7O/c1-2-19-21(15-7-9-17(26)10-8-15)23-30-29-22-24(33(23)31-19)28-14-32(25(22)34)12-11-16-13-27-20-6-4-3-5-18(16)20/h3-10,13-14,27H,2,11-12H2,1H3. The van der Waals surface area contributed by atoms with E-state index in [2.05, 4.69) is 31.3 Å². The third kappa shape index (κ3) is 3.16. The highest BCUT2D eigenvalue weighted by molar-refractivity contribution is 5.84. The third-order valence-electron chi connectivity index (χ3n) is 6.14. The number of aromatic nitrogens is 7. The van der Waals surface area contributed by atoms with Crippen LogP contribution in [0.5, 0.6) is 0 Å². The molecule has 0 amide bonds. The summed E-state index contributed by atoms with van der Waals surface area (Å²) in [6.07, 6.45) is 4.81. The zero-order chi connectivity index (χ0) is 23.2. The number of rotatable bonds is 5. The molecule has 9 heteroatoms. The number of benzene rings is 2. The van der Waals surface area contributed by atoms with Gasteiger partial charge in [-0.2, -0.15) is 9.61 Å². The molecule has 34 heavy (non-hydrogen) atoms. The van der Waals surface area contributed by atoms with Gasteiger partial charge in [-0.3, -0.25) is 9.36 Å². The average Bonchev–Trinajstić information content (AvgIpc) is 3.45. The minimum absolute atomic E-state index is 0.157.